The number of ether oxygens (including phenoxy) is 1. The highest BCUT2D eigenvalue weighted by molar-refractivity contribution is 9.10. The Morgan fingerprint density at radius 2 is 2.00 bits per heavy atom. The van der Waals surface area contributed by atoms with Gasteiger partial charge < -0.3 is 9.64 Å². The van der Waals surface area contributed by atoms with Crippen molar-refractivity contribution in [3.05, 3.63) is 28.2 Å². The van der Waals surface area contributed by atoms with Crippen molar-refractivity contribution >= 4 is 21.8 Å². The first-order valence-electron chi connectivity index (χ1n) is 5.96. The number of hydrogen-bond acceptors (Lipinski definition) is 4. The van der Waals surface area contributed by atoms with Crippen LogP contribution in [-0.2, 0) is 11.2 Å². The Bertz CT molecular complexity index is 545. The highest BCUT2D eigenvalue weighted by atomic mass is 79.9. The Kier molecular flexibility index (Phi) is 6.55. The zero-order valence-corrected chi connectivity index (χ0v) is 12.7. The molecule has 0 unspecified atom stereocenters. The van der Waals surface area contributed by atoms with E-state index in [9.17, 15) is 4.79 Å². The minimum Gasteiger partial charge on any atom is -0.496 e. The minimum atomic E-state index is -0.213. The minimum absolute atomic E-state index is 0.0674. The second-order valence-corrected chi connectivity index (χ2v) is 4.94. The maximum atomic E-state index is 12.0. The number of nitrogens with zero attached hydrogens (tertiary/aromatic N) is 3. The van der Waals surface area contributed by atoms with Gasteiger partial charge in [0.2, 0.25) is 5.91 Å². The van der Waals surface area contributed by atoms with Crippen LogP contribution in [0.5, 0.6) is 5.75 Å². The van der Waals surface area contributed by atoms with Gasteiger partial charge >= 0.3 is 0 Å². The van der Waals surface area contributed by atoms with Gasteiger partial charge in [0, 0.05) is 10.9 Å². The molecule has 0 aliphatic carbocycles. The first-order valence-corrected chi connectivity index (χ1v) is 6.75. The fourth-order valence-electron chi connectivity index (χ4n) is 1.75. The number of aryl methyl sites for hydroxylation is 1. The lowest BCUT2D eigenvalue weighted by Gasteiger charge is -2.16. The summed E-state index contributed by atoms with van der Waals surface area (Å²) in [5, 5.41) is 17.3. The van der Waals surface area contributed by atoms with E-state index in [-0.39, 0.29) is 25.4 Å². The molecule has 0 fully saturated rings. The lowest BCUT2D eigenvalue weighted by Crippen LogP contribution is -2.31. The Morgan fingerprint density at radius 3 is 2.55 bits per heavy atom. The van der Waals surface area contributed by atoms with Gasteiger partial charge in [-0.15, -0.1) is 0 Å². The van der Waals surface area contributed by atoms with Crippen molar-refractivity contribution in [3.63, 3.8) is 0 Å². The van der Waals surface area contributed by atoms with E-state index < -0.39 is 0 Å². The summed E-state index contributed by atoms with van der Waals surface area (Å²) in [5.74, 6) is 0.503. The van der Waals surface area contributed by atoms with Gasteiger partial charge in [0.05, 0.1) is 19.2 Å². The van der Waals surface area contributed by atoms with E-state index in [0.29, 0.717) is 12.2 Å². The largest absolute Gasteiger partial charge is 0.496 e. The summed E-state index contributed by atoms with van der Waals surface area (Å²) in [6, 6.07) is 9.35. The molecule has 1 rings (SSSR count). The number of methoxy groups -OCH3 is 1. The summed E-state index contributed by atoms with van der Waals surface area (Å²) in [7, 11) is 1.58. The predicted octanol–water partition coefficient (Wildman–Crippen LogP) is 2.27. The second-order valence-electron chi connectivity index (χ2n) is 4.02. The van der Waals surface area contributed by atoms with Crippen molar-refractivity contribution in [2.75, 3.05) is 20.2 Å². The lowest BCUT2D eigenvalue weighted by atomic mass is 10.1. The second kappa shape index (κ2) is 8.19. The summed E-state index contributed by atoms with van der Waals surface area (Å²) in [6.45, 7) is -0.135. The Hall–Kier alpha value is -2.05. The van der Waals surface area contributed by atoms with Gasteiger partial charge in [0.25, 0.3) is 0 Å². The van der Waals surface area contributed by atoms with Crippen molar-refractivity contribution in [1.29, 1.82) is 10.5 Å². The van der Waals surface area contributed by atoms with Crippen LogP contribution in [0.25, 0.3) is 0 Å². The molecule has 0 radical (unpaired) electrons. The Morgan fingerprint density at radius 1 is 1.35 bits per heavy atom. The highest BCUT2D eigenvalue weighted by Gasteiger charge is 2.14. The lowest BCUT2D eigenvalue weighted by molar-refractivity contribution is -0.130. The van der Waals surface area contributed by atoms with Crippen LogP contribution in [0.15, 0.2) is 22.7 Å². The molecule has 0 heterocycles. The Balaban J connectivity index is 2.71. The average molecular weight is 336 g/mol. The van der Waals surface area contributed by atoms with Crippen LogP contribution in [0.1, 0.15) is 12.0 Å². The fourth-order valence-corrected chi connectivity index (χ4v) is 2.15. The Labute approximate surface area is 126 Å². The normalized spacial score (nSPS) is 9.40. The molecule has 0 saturated heterocycles. The zero-order valence-electron chi connectivity index (χ0n) is 11.1. The summed E-state index contributed by atoms with van der Waals surface area (Å²) >= 11 is 3.37. The molecule has 104 valence electrons. The summed E-state index contributed by atoms with van der Waals surface area (Å²) in [6.07, 6.45) is 0.727. The molecular formula is C14H14BrN3O2. The van der Waals surface area contributed by atoms with Gasteiger partial charge in [-0.25, -0.2) is 0 Å². The number of halogens is 1. The third kappa shape index (κ3) is 4.56. The van der Waals surface area contributed by atoms with Gasteiger partial charge in [-0.05, 0) is 30.2 Å². The number of carbonyl (C=O) groups excluding carboxylic acids is 1. The number of amides is 1. The molecule has 1 aromatic carbocycles. The highest BCUT2D eigenvalue weighted by Crippen LogP contribution is 2.24. The van der Waals surface area contributed by atoms with E-state index in [1.807, 2.05) is 30.3 Å². The molecule has 0 aliphatic heterocycles. The van der Waals surface area contributed by atoms with E-state index in [0.717, 1.165) is 10.0 Å². The van der Waals surface area contributed by atoms with Crippen LogP contribution in [-0.4, -0.2) is 31.0 Å². The van der Waals surface area contributed by atoms with E-state index in [1.165, 1.54) is 4.90 Å². The van der Waals surface area contributed by atoms with E-state index in [1.54, 1.807) is 7.11 Å². The van der Waals surface area contributed by atoms with Gasteiger partial charge in [0.15, 0.2) is 0 Å². The molecule has 5 nitrogen and oxygen atoms in total. The molecule has 0 spiro atoms. The van der Waals surface area contributed by atoms with Crippen LogP contribution in [0.3, 0.4) is 0 Å². The molecule has 20 heavy (non-hydrogen) atoms. The quantitative estimate of drug-likeness (QED) is 0.747. The van der Waals surface area contributed by atoms with Crippen LogP contribution in [0.2, 0.25) is 0 Å². The first kappa shape index (κ1) is 16.0. The van der Waals surface area contributed by atoms with Gasteiger partial charge in [0.1, 0.15) is 18.8 Å². The number of rotatable bonds is 6. The molecule has 1 aromatic rings. The first-order chi connectivity index (χ1) is 9.62. The summed E-state index contributed by atoms with van der Waals surface area (Å²) in [4.78, 5) is 13.2. The SMILES string of the molecule is COc1ccc(Br)cc1CCC(=O)N(CC#N)CC#N. The predicted molar refractivity (Wildman–Crippen MR) is 76.8 cm³/mol. The topological polar surface area (TPSA) is 77.1 Å². The van der Waals surface area contributed by atoms with Crippen molar-refractivity contribution in [2.24, 2.45) is 0 Å². The zero-order chi connectivity index (χ0) is 15.0. The van der Waals surface area contributed by atoms with Gasteiger partial charge in [-0.1, -0.05) is 15.9 Å². The summed E-state index contributed by atoms with van der Waals surface area (Å²) in [5.41, 5.74) is 0.907. The molecular weight excluding hydrogens is 322 g/mol. The number of benzene rings is 1. The molecule has 0 aliphatic rings. The van der Waals surface area contributed by atoms with E-state index in [4.69, 9.17) is 15.3 Å². The third-order valence-electron chi connectivity index (χ3n) is 2.73. The third-order valence-corrected chi connectivity index (χ3v) is 3.22. The molecule has 6 heteroatoms. The molecule has 0 N–H and O–H groups in total. The molecule has 0 bridgehead atoms. The fraction of sp³-hybridized carbons (Fsp3) is 0.357. The number of hydrogen-bond donors (Lipinski definition) is 0. The molecule has 0 atom stereocenters. The van der Waals surface area contributed by atoms with Crippen LogP contribution in [0, 0.1) is 22.7 Å². The standard InChI is InChI=1S/C14H14BrN3O2/c1-20-13-4-3-12(15)10-11(13)2-5-14(19)18(8-6-16)9-7-17/h3-4,10H,2,5,8-9H2,1H3. The van der Waals surface area contributed by atoms with Crippen LogP contribution >= 0.6 is 15.9 Å². The van der Waals surface area contributed by atoms with Crippen molar-refractivity contribution in [1.82, 2.24) is 4.90 Å². The van der Waals surface area contributed by atoms with E-state index >= 15 is 0 Å². The van der Waals surface area contributed by atoms with Gasteiger partial charge in [-0.2, -0.15) is 10.5 Å². The van der Waals surface area contributed by atoms with Crippen molar-refractivity contribution in [2.45, 2.75) is 12.8 Å². The molecule has 1 amide bonds. The number of nitriles is 2. The van der Waals surface area contributed by atoms with E-state index in [2.05, 4.69) is 15.9 Å². The molecule has 0 saturated carbocycles. The monoisotopic (exact) mass is 335 g/mol. The van der Waals surface area contributed by atoms with Crippen LogP contribution < -0.4 is 4.74 Å². The number of carbonyl (C=O) groups is 1. The van der Waals surface area contributed by atoms with Crippen LogP contribution in [0.4, 0.5) is 0 Å². The van der Waals surface area contributed by atoms with Gasteiger partial charge in [-0.3, -0.25) is 4.79 Å². The summed E-state index contributed by atoms with van der Waals surface area (Å²) < 4.78 is 6.15. The molecule has 0 aromatic heterocycles. The average Bonchev–Trinajstić information content (AvgIpc) is 2.44. The van der Waals surface area contributed by atoms with Crippen molar-refractivity contribution < 1.29 is 9.53 Å². The maximum absolute atomic E-state index is 12.0. The smallest absolute Gasteiger partial charge is 0.224 e. The maximum Gasteiger partial charge on any atom is 0.224 e. The van der Waals surface area contributed by atoms with Crippen molar-refractivity contribution in [3.8, 4) is 17.9 Å².